The van der Waals surface area contributed by atoms with E-state index in [9.17, 15) is 10.1 Å². The molecule has 0 saturated heterocycles. The molecule has 0 atom stereocenters. The first-order valence-corrected chi connectivity index (χ1v) is 5.64. The zero-order valence-corrected chi connectivity index (χ0v) is 10.5. The van der Waals surface area contributed by atoms with E-state index in [1.165, 1.54) is 0 Å². The zero-order chi connectivity index (χ0) is 13.0. The second-order valence-corrected chi connectivity index (χ2v) is 3.96. The first kappa shape index (κ1) is 13.4. The summed E-state index contributed by atoms with van der Waals surface area (Å²) < 4.78 is 1.55. The molecule has 1 aromatic rings. The van der Waals surface area contributed by atoms with E-state index in [0.717, 1.165) is 6.42 Å². The fourth-order valence-electron chi connectivity index (χ4n) is 1.88. The van der Waals surface area contributed by atoms with Crippen molar-refractivity contribution in [1.29, 1.82) is 0 Å². The molecule has 0 amide bonds. The molecular formula is C10H19N5O2. The van der Waals surface area contributed by atoms with Gasteiger partial charge in [0.25, 0.3) is 0 Å². The van der Waals surface area contributed by atoms with Crippen molar-refractivity contribution in [2.75, 3.05) is 25.0 Å². The summed E-state index contributed by atoms with van der Waals surface area (Å²) in [5, 5.41) is 15.4. The summed E-state index contributed by atoms with van der Waals surface area (Å²) in [6.45, 7) is 2.98. The number of hydrogen-bond acceptors (Lipinski definition) is 5. The van der Waals surface area contributed by atoms with Gasteiger partial charge >= 0.3 is 5.69 Å². The monoisotopic (exact) mass is 241 g/mol. The lowest BCUT2D eigenvalue weighted by Gasteiger charge is -2.16. The molecule has 17 heavy (non-hydrogen) atoms. The summed E-state index contributed by atoms with van der Waals surface area (Å²) in [4.78, 5) is 12.5. The molecule has 1 heterocycles. The minimum absolute atomic E-state index is 0.102. The Labute approximate surface area is 100 Å². The molecule has 1 aromatic heterocycles. The lowest BCUT2D eigenvalue weighted by atomic mass is 10.2. The first-order valence-electron chi connectivity index (χ1n) is 5.64. The second-order valence-electron chi connectivity index (χ2n) is 3.96. The third kappa shape index (κ3) is 2.73. The van der Waals surface area contributed by atoms with E-state index in [1.54, 1.807) is 23.7 Å². The molecule has 0 saturated carbocycles. The van der Waals surface area contributed by atoms with Gasteiger partial charge in [0.15, 0.2) is 0 Å². The number of aryl methyl sites for hydroxylation is 2. The quantitative estimate of drug-likeness (QED) is 0.584. The van der Waals surface area contributed by atoms with Crippen LogP contribution >= 0.6 is 0 Å². The van der Waals surface area contributed by atoms with Crippen LogP contribution in [0.2, 0.25) is 0 Å². The van der Waals surface area contributed by atoms with Crippen molar-refractivity contribution in [3.63, 3.8) is 0 Å². The van der Waals surface area contributed by atoms with Gasteiger partial charge in [0.2, 0.25) is 5.82 Å². The summed E-state index contributed by atoms with van der Waals surface area (Å²) in [7, 11) is 3.50. The van der Waals surface area contributed by atoms with Gasteiger partial charge in [-0.15, -0.1) is 0 Å². The van der Waals surface area contributed by atoms with Crippen LogP contribution in [0, 0.1) is 10.1 Å². The molecule has 0 aromatic carbocycles. The predicted molar refractivity (Wildman–Crippen MR) is 66.2 cm³/mol. The van der Waals surface area contributed by atoms with Crippen molar-refractivity contribution in [3.8, 4) is 0 Å². The average molecular weight is 241 g/mol. The van der Waals surface area contributed by atoms with Gasteiger partial charge in [-0.3, -0.25) is 10.1 Å². The van der Waals surface area contributed by atoms with Crippen molar-refractivity contribution < 1.29 is 4.92 Å². The van der Waals surface area contributed by atoms with E-state index in [2.05, 4.69) is 5.10 Å². The van der Waals surface area contributed by atoms with Crippen molar-refractivity contribution >= 4 is 11.5 Å². The van der Waals surface area contributed by atoms with Crippen molar-refractivity contribution in [2.45, 2.75) is 19.8 Å². The average Bonchev–Trinajstić information content (AvgIpc) is 2.56. The number of anilines is 1. The highest BCUT2D eigenvalue weighted by Crippen LogP contribution is 2.31. The minimum atomic E-state index is -0.361. The van der Waals surface area contributed by atoms with Crippen molar-refractivity contribution in [1.82, 2.24) is 9.78 Å². The molecule has 96 valence electrons. The van der Waals surface area contributed by atoms with Gasteiger partial charge in [-0.1, -0.05) is 13.3 Å². The molecule has 0 aliphatic rings. The molecule has 7 heteroatoms. The Kier molecular flexibility index (Phi) is 4.45. The molecule has 0 spiro atoms. The SMILES string of the molecule is CCCc1nn(C)c(N(C)CCN)c1[N+](=O)[O-]. The van der Waals surface area contributed by atoms with Gasteiger partial charge in [0.05, 0.1) is 4.92 Å². The van der Waals surface area contributed by atoms with Crippen LogP contribution in [0.25, 0.3) is 0 Å². The number of aromatic nitrogens is 2. The third-order valence-electron chi connectivity index (χ3n) is 2.56. The summed E-state index contributed by atoms with van der Waals surface area (Å²) >= 11 is 0. The smallest absolute Gasteiger partial charge is 0.334 e. The number of nitro groups is 1. The van der Waals surface area contributed by atoms with Crippen LogP contribution in [0.4, 0.5) is 11.5 Å². The summed E-state index contributed by atoms with van der Waals surface area (Å²) in [6.07, 6.45) is 1.44. The standard InChI is InChI=1S/C10H19N5O2/c1-4-5-8-9(15(16)17)10(14(3)12-8)13(2)7-6-11/h4-7,11H2,1-3H3. The Morgan fingerprint density at radius 3 is 2.71 bits per heavy atom. The van der Waals surface area contributed by atoms with Crippen LogP contribution in [0.1, 0.15) is 19.0 Å². The van der Waals surface area contributed by atoms with E-state index in [1.807, 2.05) is 6.92 Å². The Morgan fingerprint density at radius 2 is 2.24 bits per heavy atom. The van der Waals surface area contributed by atoms with Gasteiger partial charge in [-0.2, -0.15) is 5.10 Å². The third-order valence-corrected chi connectivity index (χ3v) is 2.56. The predicted octanol–water partition coefficient (Wildman–Crippen LogP) is 0.676. The molecule has 0 aliphatic heterocycles. The largest absolute Gasteiger partial charge is 0.353 e. The Balaban J connectivity index is 3.22. The molecule has 0 bridgehead atoms. The van der Waals surface area contributed by atoms with Gasteiger partial charge in [0.1, 0.15) is 5.69 Å². The summed E-state index contributed by atoms with van der Waals surface area (Å²) in [6, 6.07) is 0. The van der Waals surface area contributed by atoms with Crippen molar-refractivity contribution in [2.24, 2.45) is 12.8 Å². The molecule has 2 N–H and O–H groups in total. The van der Waals surface area contributed by atoms with Gasteiger partial charge < -0.3 is 10.6 Å². The number of likely N-dealkylation sites (N-methyl/N-ethyl adjacent to an activating group) is 1. The van der Waals surface area contributed by atoms with E-state index >= 15 is 0 Å². The van der Waals surface area contributed by atoms with Gasteiger partial charge in [-0.05, 0) is 6.42 Å². The van der Waals surface area contributed by atoms with Crippen LogP contribution < -0.4 is 10.6 Å². The highest BCUT2D eigenvalue weighted by molar-refractivity contribution is 5.61. The van der Waals surface area contributed by atoms with Crippen LogP contribution in [-0.4, -0.2) is 34.8 Å². The fourth-order valence-corrected chi connectivity index (χ4v) is 1.88. The van der Waals surface area contributed by atoms with Gasteiger partial charge in [-0.25, -0.2) is 4.68 Å². The number of nitrogens with zero attached hydrogens (tertiary/aromatic N) is 4. The molecular weight excluding hydrogens is 222 g/mol. The number of nitrogens with two attached hydrogens (primary N) is 1. The molecule has 1 rings (SSSR count). The minimum Gasteiger partial charge on any atom is -0.353 e. The first-order chi connectivity index (χ1) is 8.02. The number of hydrogen-bond donors (Lipinski definition) is 1. The Morgan fingerprint density at radius 1 is 1.59 bits per heavy atom. The van der Waals surface area contributed by atoms with Crippen molar-refractivity contribution in [3.05, 3.63) is 15.8 Å². The van der Waals surface area contributed by atoms with E-state index in [-0.39, 0.29) is 10.6 Å². The van der Waals surface area contributed by atoms with E-state index in [4.69, 9.17) is 5.73 Å². The van der Waals surface area contributed by atoms with Crippen LogP contribution in [-0.2, 0) is 13.5 Å². The topological polar surface area (TPSA) is 90.2 Å². The Hall–Kier alpha value is -1.63. The van der Waals surface area contributed by atoms with Crippen LogP contribution in [0.3, 0.4) is 0 Å². The molecule has 0 unspecified atom stereocenters. The fraction of sp³-hybridized carbons (Fsp3) is 0.700. The molecule has 0 aliphatic carbocycles. The Bertz CT molecular complexity index is 402. The lowest BCUT2D eigenvalue weighted by Crippen LogP contribution is -2.27. The summed E-state index contributed by atoms with van der Waals surface area (Å²) in [5.41, 5.74) is 6.11. The molecule has 7 nitrogen and oxygen atoms in total. The maximum atomic E-state index is 11.1. The van der Waals surface area contributed by atoms with E-state index in [0.29, 0.717) is 31.0 Å². The summed E-state index contributed by atoms with van der Waals surface area (Å²) in [5.74, 6) is 0.518. The second kappa shape index (κ2) is 5.62. The normalized spacial score (nSPS) is 10.6. The number of rotatable bonds is 6. The maximum absolute atomic E-state index is 11.1. The van der Waals surface area contributed by atoms with Crippen LogP contribution in [0.15, 0.2) is 0 Å². The zero-order valence-electron chi connectivity index (χ0n) is 10.5. The van der Waals surface area contributed by atoms with Gasteiger partial charge in [0, 0.05) is 27.2 Å². The molecule has 0 radical (unpaired) electrons. The highest BCUT2D eigenvalue weighted by Gasteiger charge is 2.28. The lowest BCUT2D eigenvalue weighted by molar-refractivity contribution is -0.384. The van der Waals surface area contributed by atoms with E-state index < -0.39 is 0 Å². The highest BCUT2D eigenvalue weighted by atomic mass is 16.6. The molecule has 0 fully saturated rings. The maximum Gasteiger partial charge on any atom is 0.334 e. The van der Waals surface area contributed by atoms with Crippen LogP contribution in [0.5, 0.6) is 0 Å².